The molecular formula is C6H13NO3. The number of carbonyl (C=O) groups is 1. The van der Waals surface area contributed by atoms with Gasteiger partial charge in [0.25, 0.3) is 0 Å². The Balaban J connectivity index is 3.22. The minimum absolute atomic E-state index is 0.235. The minimum atomic E-state index is -0.524. The lowest BCUT2D eigenvalue weighted by Crippen LogP contribution is -2.30. The fourth-order valence-corrected chi connectivity index (χ4v) is 0.413. The number of aliphatic hydroxyl groups excluding tert-OH is 1. The van der Waals surface area contributed by atoms with Gasteiger partial charge in [-0.3, -0.25) is 0 Å². The molecule has 0 aliphatic carbocycles. The van der Waals surface area contributed by atoms with Crippen LogP contribution in [-0.4, -0.2) is 30.5 Å². The maximum Gasteiger partial charge on any atom is 0.407 e. The second-order valence-corrected chi connectivity index (χ2v) is 1.95. The summed E-state index contributed by atoms with van der Waals surface area (Å²) in [6.07, 6.45) is -1.01. The lowest BCUT2D eigenvalue weighted by Gasteiger charge is -2.05. The third-order valence-corrected chi connectivity index (χ3v) is 0.817. The number of rotatable bonds is 3. The number of alkyl carbamates (subject to hydrolysis) is 1. The first-order chi connectivity index (χ1) is 4.66. The molecule has 10 heavy (non-hydrogen) atoms. The Hall–Kier alpha value is -0.770. The lowest BCUT2D eigenvalue weighted by molar-refractivity contribution is 0.139. The van der Waals surface area contributed by atoms with Crippen molar-refractivity contribution in [3.8, 4) is 0 Å². The van der Waals surface area contributed by atoms with Crippen molar-refractivity contribution in [2.24, 2.45) is 0 Å². The Kier molecular flexibility index (Phi) is 4.66. The van der Waals surface area contributed by atoms with Crippen molar-refractivity contribution in [1.82, 2.24) is 5.32 Å². The minimum Gasteiger partial charge on any atom is -0.450 e. The summed E-state index contributed by atoms with van der Waals surface area (Å²) in [4.78, 5) is 10.5. The molecule has 60 valence electrons. The maximum atomic E-state index is 10.5. The van der Waals surface area contributed by atoms with Crippen LogP contribution < -0.4 is 5.32 Å². The highest BCUT2D eigenvalue weighted by Gasteiger charge is 2.00. The van der Waals surface area contributed by atoms with Crippen molar-refractivity contribution in [3.05, 3.63) is 0 Å². The quantitative estimate of drug-likeness (QED) is 0.595. The molecule has 0 spiro atoms. The Bertz CT molecular complexity index is 103. The average molecular weight is 147 g/mol. The summed E-state index contributed by atoms with van der Waals surface area (Å²) in [5.41, 5.74) is 0. The van der Waals surface area contributed by atoms with Crippen LogP contribution in [0.1, 0.15) is 13.8 Å². The maximum absolute atomic E-state index is 10.5. The molecule has 0 aromatic rings. The highest BCUT2D eigenvalue weighted by Crippen LogP contribution is 1.78. The Morgan fingerprint density at radius 1 is 1.80 bits per heavy atom. The predicted molar refractivity (Wildman–Crippen MR) is 36.7 cm³/mol. The van der Waals surface area contributed by atoms with E-state index >= 15 is 0 Å². The summed E-state index contributed by atoms with van der Waals surface area (Å²) in [6.45, 7) is 3.90. The monoisotopic (exact) mass is 147 g/mol. The standard InChI is InChI=1S/C6H13NO3/c1-3-10-6(9)7-4-5(2)8/h5,8H,3-4H2,1-2H3,(H,7,9). The van der Waals surface area contributed by atoms with E-state index < -0.39 is 12.2 Å². The van der Waals surface area contributed by atoms with E-state index in [2.05, 4.69) is 10.1 Å². The van der Waals surface area contributed by atoms with Gasteiger partial charge in [-0.15, -0.1) is 0 Å². The van der Waals surface area contributed by atoms with E-state index in [1.54, 1.807) is 13.8 Å². The zero-order chi connectivity index (χ0) is 7.98. The molecule has 1 unspecified atom stereocenters. The fourth-order valence-electron chi connectivity index (χ4n) is 0.413. The largest absolute Gasteiger partial charge is 0.450 e. The van der Waals surface area contributed by atoms with Crippen molar-refractivity contribution in [1.29, 1.82) is 0 Å². The van der Waals surface area contributed by atoms with Gasteiger partial charge in [-0.2, -0.15) is 0 Å². The highest BCUT2D eigenvalue weighted by atomic mass is 16.5. The number of nitrogens with one attached hydrogen (secondary N) is 1. The Morgan fingerprint density at radius 3 is 2.80 bits per heavy atom. The van der Waals surface area contributed by atoms with Crippen LogP contribution in [0.2, 0.25) is 0 Å². The smallest absolute Gasteiger partial charge is 0.407 e. The third kappa shape index (κ3) is 5.37. The molecule has 0 saturated heterocycles. The van der Waals surface area contributed by atoms with Crippen molar-refractivity contribution >= 4 is 6.09 Å². The molecule has 1 amide bonds. The number of hydrogen-bond donors (Lipinski definition) is 2. The van der Waals surface area contributed by atoms with Crippen LogP contribution in [0, 0.1) is 0 Å². The molecule has 0 bridgehead atoms. The van der Waals surface area contributed by atoms with Crippen molar-refractivity contribution in [2.75, 3.05) is 13.2 Å². The van der Waals surface area contributed by atoms with Gasteiger partial charge in [-0.1, -0.05) is 0 Å². The molecule has 0 aliphatic rings. The lowest BCUT2D eigenvalue weighted by atomic mass is 10.4. The molecule has 0 aliphatic heterocycles. The summed E-state index contributed by atoms with van der Waals surface area (Å²) in [5, 5.41) is 11.1. The highest BCUT2D eigenvalue weighted by molar-refractivity contribution is 5.66. The second kappa shape index (κ2) is 5.05. The summed E-state index contributed by atoms with van der Waals surface area (Å²) in [7, 11) is 0. The number of hydrogen-bond acceptors (Lipinski definition) is 3. The average Bonchev–Trinajstić information content (AvgIpc) is 1.85. The molecular weight excluding hydrogens is 134 g/mol. The van der Waals surface area contributed by atoms with Crippen molar-refractivity contribution in [3.63, 3.8) is 0 Å². The summed E-state index contributed by atoms with van der Waals surface area (Å²) < 4.78 is 4.53. The van der Waals surface area contributed by atoms with E-state index in [1.165, 1.54) is 0 Å². The van der Waals surface area contributed by atoms with Gasteiger partial charge in [0.2, 0.25) is 0 Å². The molecule has 0 aromatic carbocycles. The van der Waals surface area contributed by atoms with Crippen LogP contribution in [0.4, 0.5) is 4.79 Å². The van der Waals surface area contributed by atoms with E-state index in [0.717, 1.165) is 0 Å². The van der Waals surface area contributed by atoms with Gasteiger partial charge in [0.05, 0.1) is 12.7 Å². The molecule has 4 nitrogen and oxygen atoms in total. The van der Waals surface area contributed by atoms with E-state index in [-0.39, 0.29) is 6.54 Å². The molecule has 0 rings (SSSR count). The molecule has 0 fully saturated rings. The second-order valence-electron chi connectivity index (χ2n) is 1.95. The third-order valence-electron chi connectivity index (χ3n) is 0.817. The zero-order valence-electron chi connectivity index (χ0n) is 6.26. The first-order valence-corrected chi connectivity index (χ1v) is 3.25. The van der Waals surface area contributed by atoms with Gasteiger partial charge in [0.1, 0.15) is 0 Å². The van der Waals surface area contributed by atoms with E-state index in [4.69, 9.17) is 5.11 Å². The van der Waals surface area contributed by atoms with Gasteiger partial charge in [0, 0.05) is 6.54 Å². The van der Waals surface area contributed by atoms with E-state index in [1.807, 2.05) is 0 Å². The zero-order valence-corrected chi connectivity index (χ0v) is 6.26. The number of ether oxygens (including phenoxy) is 1. The van der Waals surface area contributed by atoms with Crippen LogP contribution in [0.15, 0.2) is 0 Å². The molecule has 4 heteroatoms. The van der Waals surface area contributed by atoms with E-state index in [9.17, 15) is 4.79 Å². The van der Waals surface area contributed by atoms with E-state index in [0.29, 0.717) is 6.61 Å². The van der Waals surface area contributed by atoms with Gasteiger partial charge in [0.15, 0.2) is 0 Å². The Labute approximate surface area is 60.2 Å². The number of carbonyl (C=O) groups excluding carboxylic acids is 1. The van der Waals surface area contributed by atoms with Crippen LogP contribution in [0.25, 0.3) is 0 Å². The normalized spacial score (nSPS) is 12.3. The molecule has 0 heterocycles. The molecule has 0 radical (unpaired) electrons. The first kappa shape index (κ1) is 9.23. The predicted octanol–water partition coefficient (Wildman–Crippen LogP) is 0.113. The van der Waals surface area contributed by atoms with Crippen LogP contribution in [-0.2, 0) is 4.74 Å². The van der Waals surface area contributed by atoms with Gasteiger partial charge in [-0.25, -0.2) is 4.79 Å². The van der Waals surface area contributed by atoms with Crippen molar-refractivity contribution in [2.45, 2.75) is 20.0 Å². The molecule has 1 atom stereocenters. The number of aliphatic hydroxyl groups is 1. The van der Waals surface area contributed by atoms with Crippen LogP contribution >= 0.6 is 0 Å². The topological polar surface area (TPSA) is 58.6 Å². The van der Waals surface area contributed by atoms with Gasteiger partial charge >= 0.3 is 6.09 Å². The fraction of sp³-hybridized carbons (Fsp3) is 0.833. The van der Waals surface area contributed by atoms with Crippen molar-refractivity contribution < 1.29 is 14.6 Å². The summed E-state index contributed by atoms with van der Waals surface area (Å²) in [6, 6.07) is 0. The molecule has 2 N–H and O–H groups in total. The first-order valence-electron chi connectivity index (χ1n) is 3.25. The molecule has 0 saturated carbocycles. The number of amides is 1. The SMILES string of the molecule is CCOC(=O)NCC(C)O. The summed E-state index contributed by atoms with van der Waals surface area (Å²) >= 11 is 0. The summed E-state index contributed by atoms with van der Waals surface area (Å²) in [5.74, 6) is 0. The van der Waals surface area contributed by atoms with Gasteiger partial charge in [-0.05, 0) is 13.8 Å². The van der Waals surface area contributed by atoms with Gasteiger partial charge < -0.3 is 15.2 Å². The van der Waals surface area contributed by atoms with Crippen LogP contribution in [0.5, 0.6) is 0 Å². The molecule has 0 aromatic heterocycles. The van der Waals surface area contributed by atoms with Crippen LogP contribution in [0.3, 0.4) is 0 Å². The Morgan fingerprint density at radius 2 is 2.40 bits per heavy atom.